The number of rotatable bonds is 8. The maximum Gasteiger partial charge on any atom is 0.222 e. The minimum absolute atomic E-state index is 0.118. The van der Waals surface area contributed by atoms with Crippen molar-refractivity contribution in [3.8, 4) is 5.75 Å². The number of carbonyl (C=O) groups is 2. The molecule has 0 heterocycles. The van der Waals surface area contributed by atoms with E-state index >= 15 is 0 Å². The molecule has 0 aliphatic carbocycles. The van der Waals surface area contributed by atoms with Gasteiger partial charge in [0.05, 0.1) is 19.1 Å². The van der Waals surface area contributed by atoms with E-state index in [1.54, 1.807) is 25.1 Å². The lowest BCUT2D eigenvalue weighted by Crippen LogP contribution is -2.28. The highest BCUT2D eigenvalue weighted by Gasteiger charge is 2.05. The number of aliphatic hydroxyl groups excluding tert-OH is 1. The second-order valence-corrected chi connectivity index (χ2v) is 4.75. The van der Waals surface area contributed by atoms with Crippen LogP contribution in [0.5, 0.6) is 5.75 Å². The van der Waals surface area contributed by atoms with Gasteiger partial charge in [-0.1, -0.05) is 0 Å². The Morgan fingerprint density at radius 3 is 2.85 bits per heavy atom. The summed E-state index contributed by atoms with van der Waals surface area (Å²) in [6, 6.07) is 5.25. The Balaban J connectivity index is 2.24. The fourth-order valence-electron chi connectivity index (χ4n) is 1.73. The first-order chi connectivity index (χ1) is 9.52. The Kier molecular flexibility index (Phi) is 6.73. The average Bonchev–Trinajstić information content (AvgIpc) is 2.39. The molecule has 2 N–H and O–H groups in total. The molecule has 0 saturated heterocycles. The van der Waals surface area contributed by atoms with Crippen molar-refractivity contribution in [2.45, 2.75) is 32.8 Å². The lowest BCUT2D eigenvalue weighted by molar-refractivity contribution is -0.122. The van der Waals surface area contributed by atoms with Crippen molar-refractivity contribution in [3.63, 3.8) is 0 Å². The van der Waals surface area contributed by atoms with Gasteiger partial charge in [0, 0.05) is 12.1 Å². The van der Waals surface area contributed by atoms with Gasteiger partial charge >= 0.3 is 0 Å². The average molecular weight is 279 g/mol. The Labute approximate surface area is 118 Å². The SMILES string of the molecule is Cc1cc(C=O)ccc1OCCCNC(=O)CC(C)O. The molecule has 1 amide bonds. The van der Waals surface area contributed by atoms with Gasteiger partial charge in [0.15, 0.2) is 0 Å². The van der Waals surface area contributed by atoms with Crippen LogP contribution in [-0.2, 0) is 4.79 Å². The van der Waals surface area contributed by atoms with Crippen LogP contribution in [0.1, 0.15) is 35.7 Å². The van der Waals surface area contributed by atoms with Crippen LogP contribution >= 0.6 is 0 Å². The molecule has 0 aliphatic heterocycles. The van der Waals surface area contributed by atoms with Gasteiger partial charge in [0.25, 0.3) is 0 Å². The van der Waals surface area contributed by atoms with Crippen LogP contribution in [-0.4, -0.2) is 36.6 Å². The quantitative estimate of drug-likeness (QED) is 0.558. The van der Waals surface area contributed by atoms with Crippen molar-refractivity contribution < 1.29 is 19.4 Å². The minimum atomic E-state index is -0.620. The molecule has 5 nitrogen and oxygen atoms in total. The van der Waals surface area contributed by atoms with Crippen molar-refractivity contribution in [1.29, 1.82) is 0 Å². The Hall–Kier alpha value is -1.88. The molecule has 20 heavy (non-hydrogen) atoms. The van der Waals surface area contributed by atoms with Gasteiger partial charge in [-0.05, 0) is 44.0 Å². The number of nitrogens with one attached hydrogen (secondary N) is 1. The Morgan fingerprint density at radius 1 is 1.50 bits per heavy atom. The summed E-state index contributed by atoms with van der Waals surface area (Å²) in [6.45, 7) is 4.45. The number of aryl methyl sites for hydroxylation is 1. The molecule has 1 aromatic rings. The van der Waals surface area contributed by atoms with E-state index in [2.05, 4.69) is 5.32 Å². The van der Waals surface area contributed by atoms with E-state index in [-0.39, 0.29) is 12.3 Å². The van der Waals surface area contributed by atoms with Crippen LogP contribution in [0.15, 0.2) is 18.2 Å². The second-order valence-electron chi connectivity index (χ2n) is 4.75. The zero-order valence-electron chi connectivity index (χ0n) is 11.9. The van der Waals surface area contributed by atoms with Crippen LogP contribution in [0, 0.1) is 6.92 Å². The molecule has 1 atom stereocenters. The molecule has 1 rings (SSSR count). The molecule has 0 saturated carbocycles. The molecule has 0 aliphatic rings. The number of carbonyl (C=O) groups excluding carboxylic acids is 2. The number of aliphatic hydroxyl groups is 1. The van der Waals surface area contributed by atoms with Gasteiger partial charge in [0.2, 0.25) is 5.91 Å². The van der Waals surface area contributed by atoms with E-state index in [0.29, 0.717) is 25.1 Å². The van der Waals surface area contributed by atoms with Crippen LogP contribution in [0.25, 0.3) is 0 Å². The van der Waals surface area contributed by atoms with Crippen LogP contribution in [0.4, 0.5) is 0 Å². The lowest BCUT2D eigenvalue weighted by Gasteiger charge is -2.10. The third-order valence-corrected chi connectivity index (χ3v) is 2.72. The molecule has 5 heteroatoms. The van der Waals surface area contributed by atoms with Crippen LogP contribution < -0.4 is 10.1 Å². The van der Waals surface area contributed by atoms with Gasteiger partial charge < -0.3 is 15.2 Å². The van der Waals surface area contributed by atoms with Gasteiger partial charge in [-0.3, -0.25) is 9.59 Å². The molecular weight excluding hydrogens is 258 g/mol. The summed E-state index contributed by atoms with van der Waals surface area (Å²) in [7, 11) is 0. The number of benzene rings is 1. The zero-order valence-corrected chi connectivity index (χ0v) is 11.9. The lowest BCUT2D eigenvalue weighted by atomic mass is 10.1. The molecule has 1 unspecified atom stereocenters. The molecule has 0 spiro atoms. The van der Waals surface area contributed by atoms with Crippen molar-refractivity contribution >= 4 is 12.2 Å². The fourth-order valence-corrected chi connectivity index (χ4v) is 1.73. The van der Waals surface area contributed by atoms with Crippen molar-refractivity contribution in [1.82, 2.24) is 5.32 Å². The molecule has 0 radical (unpaired) electrons. The maximum atomic E-state index is 11.3. The van der Waals surface area contributed by atoms with Gasteiger partial charge in [0.1, 0.15) is 12.0 Å². The largest absolute Gasteiger partial charge is 0.493 e. The predicted molar refractivity (Wildman–Crippen MR) is 76.0 cm³/mol. The Bertz CT molecular complexity index is 457. The summed E-state index contributed by atoms with van der Waals surface area (Å²) in [5, 5.41) is 11.7. The van der Waals surface area contributed by atoms with Crippen molar-refractivity contribution in [2.75, 3.05) is 13.2 Å². The monoisotopic (exact) mass is 279 g/mol. The summed E-state index contributed by atoms with van der Waals surface area (Å²) >= 11 is 0. The maximum absolute atomic E-state index is 11.3. The normalized spacial score (nSPS) is 11.8. The van der Waals surface area contributed by atoms with Crippen LogP contribution in [0.2, 0.25) is 0 Å². The highest BCUT2D eigenvalue weighted by atomic mass is 16.5. The highest BCUT2D eigenvalue weighted by Crippen LogP contribution is 2.18. The summed E-state index contributed by atoms with van der Waals surface area (Å²) in [5.41, 5.74) is 1.54. The van der Waals surface area contributed by atoms with Gasteiger partial charge in [-0.25, -0.2) is 0 Å². The summed E-state index contributed by atoms with van der Waals surface area (Å²) in [4.78, 5) is 21.9. The van der Waals surface area contributed by atoms with Crippen molar-refractivity contribution in [2.24, 2.45) is 0 Å². The van der Waals surface area contributed by atoms with Crippen molar-refractivity contribution in [3.05, 3.63) is 29.3 Å². The summed E-state index contributed by atoms with van der Waals surface area (Å²) in [5.74, 6) is 0.581. The second kappa shape index (κ2) is 8.32. The highest BCUT2D eigenvalue weighted by molar-refractivity contribution is 5.76. The first kappa shape index (κ1) is 16.2. The fraction of sp³-hybridized carbons (Fsp3) is 0.467. The van der Waals surface area contributed by atoms with Crippen LogP contribution in [0.3, 0.4) is 0 Å². The van der Waals surface area contributed by atoms with E-state index < -0.39 is 6.10 Å². The molecule has 0 aromatic heterocycles. The predicted octanol–water partition coefficient (Wildman–Crippen LogP) is 1.46. The topological polar surface area (TPSA) is 75.6 Å². The molecule has 1 aromatic carbocycles. The van der Waals surface area contributed by atoms with E-state index in [4.69, 9.17) is 9.84 Å². The zero-order chi connectivity index (χ0) is 15.0. The Morgan fingerprint density at radius 2 is 2.25 bits per heavy atom. The third kappa shape index (κ3) is 5.84. The third-order valence-electron chi connectivity index (χ3n) is 2.72. The molecule has 0 fully saturated rings. The standard InChI is InChI=1S/C15H21NO4/c1-11-8-13(10-17)4-5-14(11)20-7-3-6-16-15(19)9-12(2)18/h4-5,8,10,12,18H,3,6-7,9H2,1-2H3,(H,16,19). The number of amides is 1. The molecular formula is C15H21NO4. The minimum Gasteiger partial charge on any atom is -0.493 e. The number of hydrogen-bond donors (Lipinski definition) is 2. The van der Waals surface area contributed by atoms with E-state index in [0.717, 1.165) is 17.6 Å². The first-order valence-corrected chi connectivity index (χ1v) is 6.66. The van der Waals surface area contributed by atoms with Gasteiger partial charge in [-0.2, -0.15) is 0 Å². The summed E-state index contributed by atoms with van der Waals surface area (Å²) in [6.07, 6.45) is 0.979. The smallest absolute Gasteiger partial charge is 0.222 e. The van der Waals surface area contributed by atoms with Gasteiger partial charge in [-0.15, -0.1) is 0 Å². The van der Waals surface area contributed by atoms with E-state index in [1.807, 2.05) is 6.92 Å². The molecule has 0 bridgehead atoms. The van der Waals surface area contributed by atoms with E-state index in [9.17, 15) is 9.59 Å². The molecule has 110 valence electrons. The number of ether oxygens (including phenoxy) is 1. The number of hydrogen-bond acceptors (Lipinski definition) is 4. The number of aldehydes is 1. The first-order valence-electron chi connectivity index (χ1n) is 6.66. The van der Waals surface area contributed by atoms with E-state index in [1.165, 1.54) is 0 Å². The summed E-state index contributed by atoms with van der Waals surface area (Å²) < 4.78 is 5.58.